The maximum absolute atomic E-state index is 13.4. The number of benzene rings is 3. The van der Waals surface area contributed by atoms with E-state index in [0.717, 1.165) is 21.1 Å². The predicted octanol–water partition coefficient (Wildman–Crippen LogP) is 4.09. The van der Waals surface area contributed by atoms with Crippen LogP contribution in [0.15, 0.2) is 83.8 Å². The van der Waals surface area contributed by atoms with Crippen molar-refractivity contribution in [2.24, 2.45) is 0 Å². The summed E-state index contributed by atoms with van der Waals surface area (Å²) in [5.74, 6) is -0.256. The van der Waals surface area contributed by atoms with Gasteiger partial charge in [0.05, 0.1) is 11.4 Å². The Kier molecular flexibility index (Phi) is 6.15. The first-order valence-electron chi connectivity index (χ1n) is 9.24. The van der Waals surface area contributed by atoms with Crippen LogP contribution in [0.4, 0.5) is 5.69 Å². The van der Waals surface area contributed by atoms with Gasteiger partial charge in [-0.1, -0.05) is 54.1 Å². The van der Waals surface area contributed by atoms with Crippen molar-refractivity contribution in [2.45, 2.75) is 18.4 Å². The number of aryl methyl sites for hydroxylation is 1. The van der Waals surface area contributed by atoms with E-state index in [4.69, 9.17) is 0 Å². The topological polar surface area (TPSA) is 57.7 Å². The molecular weight excluding hydrogens is 384 g/mol. The summed E-state index contributed by atoms with van der Waals surface area (Å²) in [5.41, 5.74) is 3.16. The van der Waals surface area contributed by atoms with E-state index in [1.54, 1.807) is 17.0 Å². The zero-order valence-corrected chi connectivity index (χ0v) is 17.6. The number of amides is 1. The van der Waals surface area contributed by atoms with E-state index in [-0.39, 0.29) is 10.8 Å². The van der Waals surface area contributed by atoms with Crippen LogP contribution >= 0.6 is 0 Å². The summed E-state index contributed by atoms with van der Waals surface area (Å²) in [5, 5.41) is 0. The molecule has 0 saturated carbocycles. The van der Waals surface area contributed by atoms with Crippen molar-refractivity contribution in [1.82, 2.24) is 4.31 Å². The van der Waals surface area contributed by atoms with Gasteiger partial charge in [0, 0.05) is 25.3 Å². The molecule has 0 N–H and O–H groups in total. The number of nitrogens with zero attached hydrogens (tertiary/aromatic N) is 2. The molecule has 0 aliphatic rings. The molecule has 0 atom stereocenters. The van der Waals surface area contributed by atoms with Gasteiger partial charge in [-0.2, -0.15) is 0 Å². The van der Waals surface area contributed by atoms with Gasteiger partial charge >= 0.3 is 0 Å². The highest BCUT2D eigenvalue weighted by atomic mass is 32.2. The quantitative estimate of drug-likeness (QED) is 0.617. The highest BCUT2D eigenvalue weighted by Gasteiger charge is 2.22. The van der Waals surface area contributed by atoms with Crippen molar-refractivity contribution >= 4 is 21.6 Å². The van der Waals surface area contributed by atoms with Crippen molar-refractivity contribution in [2.75, 3.05) is 19.0 Å². The number of hydrogen-bond acceptors (Lipinski definition) is 3. The Morgan fingerprint density at radius 2 is 1.52 bits per heavy atom. The maximum atomic E-state index is 13.4. The number of rotatable bonds is 6. The standard InChI is InChI=1S/C23H24N2O3S/c1-18-12-14-21(15-13-18)25(17-19-8-5-4-6-9-19)23(26)20-10-7-11-22(16-20)29(27,28)24(2)3/h4-16H,17H2,1-3H3. The molecule has 0 aliphatic heterocycles. The maximum Gasteiger partial charge on any atom is 0.258 e. The zero-order chi connectivity index (χ0) is 21.0. The zero-order valence-electron chi connectivity index (χ0n) is 16.7. The number of anilines is 1. The lowest BCUT2D eigenvalue weighted by Gasteiger charge is -2.24. The third-order valence-corrected chi connectivity index (χ3v) is 6.44. The van der Waals surface area contributed by atoms with Gasteiger partial charge in [-0.05, 0) is 42.8 Å². The molecule has 0 unspecified atom stereocenters. The molecule has 3 rings (SSSR count). The van der Waals surface area contributed by atoms with E-state index in [1.165, 1.54) is 26.2 Å². The molecule has 0 radical (unpaired) electrons. The van der Waals surface area contributed by atoms with Gasteiger partial charge in [0.1, 0.15) is 0 Å². The van der Waals surface area contributed by atoms with Gasteiger partial charge < -0.3 is 4.90 Å². The van der Waals surface area contributed by atoms with E-state index in [9.17, 15) is 13.2 Å². The minimum atomic E-state index is -3.63. The summed E-state index contributed by atoms with van der Waals surface area (Å²) in [6, 6.07) is 23.6. The first-order valence-corrected chi connectivity index (χ1v) is 10.7. The Morgan fingerprint density at radius 3 is 2.14 bits per heavy atom. The fraction of sp³-hybridized carbons (Fsp3) is 0.174. The first kappa shape index (κ1) is 20.8. The van der Waals surface area contributed by atoms with Crippen LogP contribution in [0, 0.1) is 6.92 Å². The Morgan fingerprint density at radius 1 is 0.862 bits per heavy atom. The van der Waals surface area contributed by atoms with Crippen molar-refractivity contribution in [1.29, 1.82) is 0 Å². The summed E-state index contributed by atoms with van der Waals surface area (Å²) in [6.45, 7) is 2.37. The molecule has 150 valence electrons. The Balaban J connectivity index is 2.02. The molecule has 0 aliphatic carbocycles. The fourth-order valence-corrected chi connectivity index (χ4v) is 3.88. The lowest BCUT2D eigenvalue weighted by atomic mass is 10.1. The molecule has 0 bridgehead atoms. The molecule has 0 saturated heterocycles. The number of carbonyl (C=O) groups excluding carboxylic acids is 1. The number of hydrogen-bond donors (Lipinski definition) is 0. The van der Waals surface area contributed by atoms with Crippen molar-refractivity contribution in [3.05, 3.63) is 95.6 Å². The normalized spacial score (nSPS) is 11.4. The minimum absolute atomic E-state index is 0.0944. The van der Waals surface area contributed by atoms with Crippen LogP contribution in [0.3, 0.4) is 0 Å². The molecular formula is C23H24N2O3S. The lowest BCUT2D eigenvalue weighted by Crippen LogP contribution is -2.31. The summed E-state index contributed by atoms with van der Waals surface area (Å²) < 4.78 is 26.1. The first-order chi connectivity index (χ1) is 13.8. The Bertz CT molecular complexity index is 1090. The van der Waals surface area contributed by atoms with Crippen LogP contribution in [0.25, 0.3) is 0 Å². The van der Waals surface area contributed by atoms with Gasteiger partial charge in [0.25, 0.3) is 5.91 Å². The average Bonchev–Trinajstić information content (AvgIpc) is 2.73. The van der Waals surface area contributed by atoms with Gasteiger partial charge in [0.2, 0.25) is 10.0 Å². The second kappa shape index (κ2) is 8.59. The third-order valence-electron chi connectivity index (χ3n) is 4.63. The molecule has 29 heavy (non-hydrogen) atoms. The molecule has 3 aromatic carbocycles. The van der Waals surface area contributed by atoms with E-state index < -0.39 is 10.0 Å². The summed E-state index contributed by atoms with van der Waals surface area (Å²) in [4.78, 5) is 15.2. The van der Waals surface area contributed by atoms with E-state index in [0.29, 0.717) is 12.1 Å². The molecule has 1 amide bonds. The average molecular weight is 409 g/mol. The van der Waals surface area contributed by atoms with Gasteiger partial charge in [-0.25, -0.2) is 12.7 Å². The van der Waals surface area contributed by atoms with E-state index in [2.05, 4.69) is 0 Å². The molecule has 5 nitrogen and oxygen atoms in total. The summed E-state index contributed by atoms with van der Waals surface area (Å²) >= 11 is 0. The second-order valence-corrected chi connectivity index (χ2v) is 9.18. The number of sulfonamides is 1. The molecule has 0 fully saturated rings. The molecule has 0 heterocycles. The van der Waals surface area contributed by atoms with Crippen molar-refractivity contribution in [3.8, 4) is 0 Å². The predicted molar refractivity (Wildman–Crippen MR) is 115 cm³/mol. The highest BCUT2D eigenvalue weighted by molar-refractivity contribution is 7.89. The van der Waals surface area contributed by atoms with Crippen molar-refractivity contribution < 1.29 is 13.2 Å². The molecule has 0 aromatic heterocycles. The molecule has 0 spiro atoms. The molecule has 3 aromatic rings. The monoisotopic (exact) mass is 408 g/mol. The van der Waals surface area contributed by atoms with Gasteiger partial charge in [0.15, 0.2) is 0 Å². The van der Waals surface area contributed by atoms with Crippen LogP contribution < -0.4 is 4.90 Å². The second-order valence-electron chi connectivity index (χ2n) is 7.03. The fourth-order valence-electron chi connectivity index (χ4n) is 2.93. The van der Waals surface area contributed by atoms with Crippen LogP contribution in [0.1, 0.15) is 21.5 Å². The van der Waals surface area contributed by atoms with E-state index >= 15 is 0 Å². The summed E-state index contributed by atoms with van der Waals surface area (Å²) in [6.07, 6.45) is 0. The number of carbonyl (C=O) groups is 1. The lowest BCUT2D eigenvalue weighted by molar-refractivity contribution is 0.0985. The van der Waals surface area contributed by atoms with Crippen molar-refractivity contribution in [3.63, 3.8) is 0 Å². The summed E-state index contributed by atoms with van der Waals surface area (Å²) in [7, 11) is -0.685. The van der Waals surface area contributed by atoms with Crippen LogP contribution in [0.5, 0.6) is 0 Å². The van der Waals surface area contributed by atoms with Crippen LogP contribution in [-0.2, 0) is 16.6 Å². The van der Waals surface area contributed by atoms with Gasteiger partial charge in [-0.3, -0.25) is 4.79 Å². The van der Waals surface area contributed by atoms with Crippen LogP contribution in [0.2, 0.25) is 0 Å². The molecule has 6 heteroatoms. The Labute approximate surface area is 172 Å². The SMILES string of the molecule is Cc1ccc(N(Cc2ccccc2)C(=O)c2cccc(S(=O)(=O)N(C)C)c2)cc1. The smallest absolute Gasteiger partial charge is 0.258 e. The Hall–Kier alpha value is -2.96. The van der Waals surface area contributed by atoms with Crippen LogP contribution in [-0.4, -0.2) is 32.7 Å². The minimum Gasteiger partial charge on any atom is -0.304 e. The highest BCUT2D eigenvalue weighted by Crippen LogP contribution is 2.23. The van der Waals surface area contributed by atoms with Gasteiger partial charge in [-0.15, -0.1) is 0 Å². The third kappa shape index (κ3) is 4.72. The van der Waals surface area contributed by atoms with E-state index in [1.807, 2.05) is 61.5 Å². The largest absolute Gasteiger partial charge is 0.304 e.